The number of nitrogens with two attached hydrogens (primary N) is 2. The number of hydrogen-bond donors (Lipinski definition) is 4. The normalized spacial score (nSPS) is 11.9. The maximum Gasteiger partial charge on any atom is 0.236 e. The average molecular weight is 215 g/mol. The molecule has 0 heterocycles. The molecule has 0 aromatic rings. The Bertz CT molecular complexity index is 213. The molecular weight excluding hydrogens is 194 g/mol. The van der Waals surface area contributed by atoms with Crippen LogP contribution in [-0.2, 0) is 4.79 Å². The molecule has 15 heavy (non-hydrogen) atoms. The van der Waals surface area contributed by atoms with Gasteiger partial charge < -0.3 is 22.1 Å². The van der Waals surface area contributed by atoms with E-state index in [2.05, 4.69) is 15.6 Å². The third-order valence-electron chi connectivity index (χ3n) is 2.11. The number of carbonyl (C=O) groups is 1. The standard InChI is InChI=1S/C9H21N5O/c1-12-7(8(15)13-2)5-3-4-6-14-9(10)11/h7,12H,3-6H2,1-2H3,(H,13,15)(H4,10,11,14)/t7-/m0/s1. The summed E-state index contributed by atoms with van der Waals surface area (Å²) in [4.78, 5) is 15.1. The molecule has 0 saturated heterocycles. The third-order valence-corrected chi connectivity index (χ3v) is 2.11. The number of aliphatic imine (C=N–C) groups is 1. The van der Waals surface area contributed by atoms with E-state index < -0.39 is 0 Å². The zero-order valence-electron chi connectivity index (χ0n) is 9.42. The van der Waals surface area contributed by atoms with E-state index in [1.54, 1.807) is 14.1 Å². The van der Waals surface area contributed by atoms with Gasteiger partial charge in [-0.1, -0.05) is 0 Å². The summed E-state index contributed by atoms with van der Waals surface area (Å²) in [5, 5.41) is 5.56. The van der Waals surface area contributed by atoms with E-state index in [-0.39, 0.29) is 17.9 Å². The molecule has 0 unspecified atom stereocenters. The van der Waals surface area contributed by atoms with Crippen LogP contribution in [0.15, 0.2) is 4.99 Å². The largest absolute Gasteiger partial charge is 0.370 e. The van der Waals surface area contributed by atoms with Gasteiger partial charge in [-0.3, -0.25) is 9.79 Å². The minimum absolute atomic E-state index is 0.0133. The van der Waals surface area contributed by atoms with E-state index in [9.17, 15) is 4.79 Å². The predicted octanol–water partition coefficient (Wildman–Crippen LogP) is -1.24. The van der Waals surface area contributed by atoms with Crippen LogP contribution in [0, 0.1) is 0 Å². The van der Waals surface area contributed by atoms with Crippen molar-refractivity contribution in [2.75, 3.05) is 20.6 Å². The van der Waals surface area contributed by atoms with Gasteiger partial charge in [0.2, 0.25) is 5.91 Å². The number of unbranched alkanes of at least 4 members (excludes halogenated alkanes) is 1. The van der Waals surface area contributed by atoms with Crippen LogP contribution in [-0.4, -0.2) is 38.5 Å². The van der Waals surface area contributed by atoms with Crippen molar-refractivity contribution < 1.29 is 4.79 Å². The van der Waals surface area contributed by atoms with E-state index in [4.69, 9.17) is 11.5 Å². The summed E-state index contributed by atoms with van der Waals surface area (Å²) in [6.07, 6.45) is 2.58. The van der Waals surface area contributed by atoms with Crippen LogP contribution in [0.4, 0.5) is 0 Å². The molecule has 0 fully saturated rings. The molecule has 0 aromatic carbocycles. The van der Waals surface area contributed by atoms with E-state index in [1.807, 2.05) is 0 Å². The maximum absolute atomic E-state index is 11.3. The number of guanidine groups is 1. The van der Waals surface area contributed by atoms with Gasteiger partial charge in [0.15, 0.2) is 5.96 Å². The lowest BCUT2D eigenvalue weighted by Gasteiger charge is -2.13. The Morgan fingerprint density at radius 3 is 2.47 bits per heavy atom. The number of likely N-dealkylation sites (N-methyl/N-ethyl adjacent to an activating group) is 2. The second-order valence-corrected chi connectivity index (χ2v) is 3.26. The highest BCUT2D eigenvalue weighted by Crippen LogP contribution is 2.01. The van der Waals surface area contributed by atoms with Crippen LogP contribution in [0.2, 0.25) is 0 Å². The van der Waals surface area contributed by atoms with Gasteiger partial charge in [0.05, 0.1) is 6.04 Å². The smallest absolute Gasteiger partial charge is 0.236 e. The molecule has 0 spiro atoms. The molecule has 1 amide bonds. The Kier molecular flexibility index (Phi) is 7.35. The van der Waals surface area contributed by atoms with E-state index in [1.165, 1.54) is 0 Å². The van der Waals surface area contributed by atoms with E-state index in [0.29, 0.717) is 6.54 Å². The first-order valence-electron chi connectivity index (χ1n) is 5.06. The lowest BCUT2D eigenvalue weighted by molar-refractivity contribution is -0.122. The van der Waals surface area contributed by atoms with Crippen molar-refractivity contribution in [3.63, 3.8) is 0 Å². The topological polar surface area (TPSA) is 106 Å². The van der Waals surface area contributed by atoms with Crippen LogP contribution < -0.4 is 22.1 Å². The lowest BCUT2D eigenvalue weighted by Crippen LogP contribution is -2.40. The second kappa shape index (κ2) is 8.05. The highest BCUT2D eigenvalue weighted by molar-refractivity contribution is 5.81. The van der Waals surface area contributed by atoms with Gasteiger partial charge in [-0.15, -0.1) is 0 Å². The Morgan fingerprint density at radius 1 is 1.33 bits per heavy atom. The first-order chi connectivity index (χ1) is 7.11. The fourth-order valence-corrected chi connectivity index (χ4v) is 1.25. The van der Waals surface area contributed by atoms with Crippen LogP contribution in [0.3, 0.4) is 0 Å². The molecule has 6 nitrogen and oxygen atoms in total. The zero-order valence-corrected chi connectivity index (χ0v) is 9.42. The van der Waals surface area contributed by atoms with E-state index in [0.717, 1.165) is 19.3 Å². The molecule has 1 atom stereocenters. The average Bonchev–Trinajstić information content (AvgIpc) is 2.22. The van der Waals surface area contributed by atoms with Crippen LogP contribution in [0.1, 0.15) is 19.3 Å². The number of nitrogens with zero attached hydrogens (tertiary/aromatic N) is 1. The van der Waals surface area contributed by atoms with Gasteiger partial charge in [-0.2, -0.15) is 0 Å². The number of amides is 1. The Labute approximate surface area is 90.5 Å². The van der Waals surface area contributed by atoms with Crippen LogP contribution in [0.5, 0.6) is 0 Å². The highest BCUT2D eigenvalue weighted by atomic mass is 16.2. The van der Waals surface area contributed by atoms with Crippen molar-refractivity contribution in [1.82, 2.24) is 10.6 Å². The summed E-state index contributed by atoms with van der Waals surface area (Å²) in [7, 11) is 3.40. The maximum atomic E-state index is 11.3. The molecule has 0 aliphatic carbocycles. The minimum Gasteiger partial charge on any atom is -0.370 e. The minimum atomic E-state index is -0.130. The van der Waals surface area contributed by atoms with Crippen LogP contribution in [0.25, 0.3) is 0 Å². The van der Waals surface area contributed by atoms with Gasteiger partial charge in [0.1, 0.15) is 0 Å². The Morgan fingerprint density at radius 2 is 2.00 bits per heavy atom. The monoisotopic (exact) mass is 215 g/mol. The Balaban J connectivity index is 3.64. The molecule has 0 aliphatic rings. The summed E-state index contributed by atoms with van der Waals surface area (Å²) in [5.41, 5.74) is 10.4. The van der Waals surface area contributed by atoms with Crippen molar-refractivity contribution in [3.8, 4) is 0 Å². The van der Waals surface area contributed by atoms with Gasteiger partial charge >= 0.3 is 0 Å². The Hall–Kier alpha value is -1.30. The zero-order chi connectivity index (χ0) is 11.7. The van der Waals surface area contributed by atoms with Gasteiger partial charge in [0.25, 0.3) is 0 Å². The molecule has 0 saturated carbocycles. The molecular formula is C9H21N5O. The summed E-state index contributed by atoms with van der Waals surface area (Å²) in [5.74, 6) is 0.130. The van der Waals surface area contributed by atoms with Crippen molar-refractivity contribution in [1.29, 1.82) is 0 Å². The fourth-order valence-electron chi connectivity index (χ4n) is 1.25. The quantitative estimate of drug-likeness (QED) is 0.242. The number of hydrogen-bond acceptors (Lipinski definition) is 3. The molecule has 0 bridgehead atoms. The summed E-state index contributed by atoms with van der Waals surface area (Å²) < 4.78 is 0. The first-order valence-corrected chi connectivity index (χ1v) is 5.06. The van der Waals surface area contributed by atoms with Gasteiger partial charge in [0, 0.05) is 13.6 Å². The van der Waals surface area contributed by atoms with E-state index >= 15 is 0 Å². The van der Waals surface area contributed by atoms with Crippen molar-refractivity contribution in [2.24, 2.45) is 16.5 Å². The SMILES string of the molecule is CNC(=O)[C@H](CCCCN=C(N)N)NC. The van der Waals surface area contributed by atoms with Crippen molar-refractivity contribution in [2.45, 2.75) is 25.3 Å². The molecule has 0 aromatic heterocycles. The molecule has 88 valence electrons. The molecule has 0 radical (unpaired) electrons. The third kappa shape index (κ3) is 6.73. The molecule has 6 heteroatoms. The predicted molar refractivity (Wildman–Crippen MR) is 61.4 cm³/mol. The van der Waals surface area contributed by atoms with Gasteiger partial charge in [-0.05, 0) is 26.3 Å². The fraction of sp³-hybridized carbons (Fsp3) is 0.778. The lowest BCUT2D eigenvalue weighted by atomic mass is 10.1. The van der Waals surface area contributed by atoms with Crippen LogP contribution >= 0.6 is 0 Å². The van der Waals surface area contributed by atoms with Crippen molar-refractivity contribution >= 4 is 11.9 Å². The van der Waals surface area contributed by atoms with Crippen molar-refractivity contribution in [3.05, 3.63) is 0 Å². The number of nitrogens with one attached hydrogen (secondary N) is 2. The molecule has 0 rings (SSSR count). The second-order valence-electron chi connectivity index (χ2n) is 3.26. The van der Waals surface area contributed by atoms with Gasteiger partial charge in [-0.25, -0.2) is 0 Å². The number of carbonyl (C=O) groups excluding carboxylic acids is 1. The summed E-state index contributed by atoms with van der Waals surface area (Å²) >= 11 is 0. The first kappa shape index (κ1) is 13.7. The summed E-state index contributed by atoms with van der Waals surface area (Å²) in [6.45, 7) is 0.618. The highest BCUT2D eigenvalue weighted by Gasteiger charge is 2.13. The molecule has 6 N–H and O–H groups in total. The summed E-state index contributed by atoms with van der Waals surface area (Å²) in [6, 6.07) is -0.130. The number of rotatable bonds is 7. The molecule has 0 aliphatic heterocycles.